The van der Waals surface area contributed by atoms with Gasteiger partial charge >= 0.3 is 5.97 Å². The Morgan fingerprint density at radius 2 is 2.00 bits per heavy atom. The average molecular weight is 264 g/mol. The first-order valence-electron chi connectivity index (χ1n) is 5.92. The van der Waals surface area contributed by atoms with E-state index in [-0.39, 0.29) is 12.3 Å². The Hall–Kier alpha value is -0.660. The summed E-state index contributed by atoms with van der Waals surface area (Å²) in [5.74, 6) is -0.708. The Balaban J connectivity index is 2.43. The molecule has 6 nitrogen and oxygen atoms in total. The zero-order valence-corrected chi connectivity index (χ0v) is 10.9. The maximum absolute atomic E-state index is 11.8. The van der Waals surface area contributed by atoms with Crippen molar-refractivity contribution >= 4 is 16.2 Å². The molecule has 0 radical (unpaired) electrons. The van der Waals surface area contributed by atoms with Gasteiger partial charge in [-0.25, -0.2) is 4.72 Å². The molecule has 0 saturated carbocycles. The van der Waals surface area contributed by atoms with Gasteiger partial charge in [0.15, 0.2) is 0 Å². The molecule has 0 aromatic carbocycles. The first-order chi connectivity index (χ1) is 7.95. The first-order valence-corrected chi connectivity index (χ1v) is 7.36. The highest BCUT2D eigenvalue weighted by molar-refractivity contribution is 7.87. The molecular formula is C10H20N2O4S. The van der Waals surface area contributed by atoms with Crippen molar-refractivity contribution in [3.8, 4) is 0 Å². The highest BCUT2D eigenvalue weighted by atomic mass is 32.2. The van der Waals surface area contributed by atoms with Crippen molar-refractivity contribution in [2.45, 2.75) is 32.6 Å². The minimum Gasteiger partial charge on any atom is -0.481 e. The van der Waals surface area contributed by atoms with Crippen molar-refractivity contribution in [3.63, 3.8) is 0 Å². The molecular weight excluding hydrogens is 244 g/mol. The van der Waals surface area contributed by atoms with Gasteiger partial charge in [-0.05, 0) is 25.2 Å². The van der Waals surface area contributed by atoms with Gasteiger partial charge in [0, 0.05) is 26.1 Å². The van der Waals surface area contributed by atoms with E-state index in [1.807, 2.05) is 6.92 Å². The van der Waals surface area contributed by atoms with Crippen LogP contribution in [0.1, 0.15) is 32.6 Å². The topological polar surface area (TPSA) is 86.7 Å². The number of carbonyl (C=O) groups is 1. The van der Waals surface area contributed by atoms with Gasteiger partial charge in [0.2, 0.25) is 0 Å². The number of aliphatic carboxylic acids is 1. The van der Waals surface area contributed by atoms with Gasteiger partial charge in [0.05, 0.1) is 0 Å². The minimum atomic E-state index is -3.36. The third kappa shape index (κ3) is 4.61. The largest absolute Gasteiger partial charge is 0.481 e. The summed E-state index contributed by atoms with van der Waals surface area (Å²) in [7, 11) is -3.36. The molecule has 0 aromatic rings. The first kappa shape index (κ1) is 14.4. The van der Waals surface area contributed by atoms with Crippen LogP contribution in [0, 0.1) is 5.92 Å². The van der Waals surface area contributed by atoms with E-state index in [9.17, 15) is 13.2 Å². The van der Waals surface area contributed by atoms with Crippen molar-refractivity contribution in [1.29, 1.82) is 0 Å². The summed E-state index contributed by atoms with van der Waals surface area (Å²) in [4.78, 5) is 10.5. The van der Waals surface area contributed by atoms with Crippen LogP contribution in [0.25, 0.3) is 0 Å². The molecule has 0 atom stereocenters. The zero-order chi connectivity index (χ0) is 12.9. The van der Waals surface area contributed by atoms with E-state index >= 15 is 0 Å². The van der Waals surface area contributed by atoms with Crippen LogP contribution in [-0.4, -0.2) is 43.4 Å². The van der Waals surface area contributed by atoms with E-state index in [0.717, 1.165) is 6.42 Å². The Kier molecular flexibility index (Phi) is 5.35. The van der Waals surface area contributed by atoms with Crippen LogP contribution in [0.3, 0.4) is 0 Å². The lowest BCUT2D eigenvalue weighted by Crippen LogP contribution is -2.45. The number of nitrogens with zero attached hydrogens (tertiary/aromatic N) is 1. The Morgan fingerprint density at radius 3 is 2.47 bits per heavy atom. The Morgan fingerprint density at radius 1 is 1.41 bits per heavy atom. The summed E-state index contributed by atoms with van der Waals surface area (Å²) in [6, 6.07) is 0. The molecule has 0 spiro atoms. The molecule has 1 rings (SSSR count). The smallest absolute Gasteiger partial charge is 0.303 e. The molecule has 17 heavy (non-hydrogen) atoms. The maximum Gasteiger partial charge on any atom is 0.303 e. The molecule has 1 aliphatic heterocycles. The SMILES string of the molecule is CCCNS(=O)(=O)N1CCC(CC(=O)O)CC1. The molecule has 100 valence electrons. The molecule has 7 heteroatoms. The van der Waals surface area contributed by atoms with E-state index in [1.165, 1.54) is 4.31 Å². The fraction of sp³-hybridized carbons (Fsp3) is 0.900. The molecule has 2 N–H and O–H groups in total. The average Bonchev–Trinajstić information content (AvgIpc) is 2.26. The third-order valence-corrected chi connectivity index (χ3v) is 4.53. The van der Waals surface area contributed by atoms with Crippen LogP contribution in [0.15, 0.2) is 0 Å². The minimum absolute atomic E-state index is 0.102. The zero-order valence-electron chi connectivity index (χ0n) is 10.1. The molecule has 0 bridgehead atoms. The molecule has 1 aliphatic rings. The van der Waals surface area contributed by atoms with Gasteiger partial charge < -0.3 is 5.11 Å². The summed E-state index contributed by atoms with van der Waals surface area (Å²) < 4.78 is 27.5. The lowest BCUT2D eigenvalue weighted by molar-refractivity contribution is -0.138. The van der Waals surface area contributed by atoms with Crippen molar-refractivity contribution < 1.29 is 18.3 Å². The van der Waals surface area contributed by atoms with Gasteiger partial charge in [-0.3, -0.25) is 4.79 Å². The summed E-state index contributed by atoms with van der Waals surface area (Å²) in [5, 5.41) is 8.66. The summed E-state index contributed by atoms with van der Waals surface area (Å²) >= 11 is 0. The van der Waals surface area contributed by atoms with Crippen molar-refractivity contribution in [2.75, 3.05) is 19.6 Å². The predicted molar refractivity (Wildman–Crippen MR) is 63.8 cm³/mol. The molecule has 1 heterocycles. The molecule has 0 aliphatic carbocycles. The Labute approximate surface area is 102 Å². The number of carboxylic acid groups (broad SMARTS) is 1. The van der Waals surface area contributed by atoms with Gasteiger partial charge in [-0.2, -0.15) is 12.7 Å². The fourth-order valence-electron chi connectivity index (χ4n) is 1.92. The molecule has 0 aromatic heterocycles. The molecule has 1 saturated heterocycles. The monoisotopic (exact) mass is 264 g/mol. The number of hydrogen-bond acceptors (Lipinski definition) is 3. The normalized spacial score (nSPS) is 19.4. The second-order valence-electron chi connectivity index (χ2n) is 4.34. The third-order valence-electron chi connectivity index (χ3n) is 2.91. The number of hydrogen-bond donors (Lipinski definition) is 2. The molecule has 0 amide bonds. The maximum atomic E-state index is 11.8. The van der Waals surface area contributed by atoms with E-state index in [0.29, 0.717) is 32.5 Å². The van der Waals surface area contributed by atoms with Crippen molar-refractivity contribution in [2.24, 2.45) is 5.92 Å². The van der Waals surface area contributed by atoms with E-state index < -0.39 is 16.2 Å². The van der Waals surface area contributed by atoms with Crippen LogP contribution < -0.4 is 4.72 Å². The fourth-order valence-corrected chi connectivity index (χ4v) is 3.26. The molecule has 1 fully saturated rings. The van der Waals surface area contributed by atoms with Gasteiger partial charge in [0.1, 0.15) is 0 Å². The van der Waals surface area contributed by atoms with E-state index in [4.69, 9.17) is 5.11 Å². The number of carboxylic acids is 1. The van der Waals surface area contributed by atoms with Gasteiger partial charge in [-0.1, -0.05) is 6.92 Å². The second kappa shape index (κ2) is 6.32. The van der Waals surface area contributed by atoms with Crippen LogP contribution >= 0.6 is 0 Å². The lowest BCUT2D eigenvalue weighted by Gasteiger charge is -2.30. The van der Waals surface area contributed by atoms with Crippen LogP contribution in [0.5, 0.6) is 0 Å². The summed E-state index contributed by atoms with van der Waals surface area (Å²) in [6.07, 6.45) is 2.14. The predicted octanol–water partition coefficient (Wildman–Crippen LogP) is 0.417. The number of rotatable bonds is 6. The van der Waals surface area contributed by atoms with E-state index in [2.05, 4.69) is 4.72 Å². The van der Waals surface area contributed by atoms with Crippen molar-refractivity contribution in [3.05, 3.63) is 0 Å². The highest BCUT2D eigenvalue weighted by Gasteiger charge is 2.28. The summed E-state index contributed by atoms with van der Waals surface area (Å²) in [5.41, 5.74) is 0. The van der Waals surface area contributed by atoms with Gasteiger partial charge in [-0.15, -0.1) is 0 Å². The standard InChI is InChI=1S/C10H20N2O4S/c1-2-5-11-17(15,16)12-6-3-9(4-7-12)8-10(13)14/h9,11H,2-8H2,1H3,(H,13,14). The number of nitrogens with one attached hydrogen (secondary N) is 1. The van der Waals surface area contributed by atoms with E-state index in [1.54, 1.807) is 0 Å². The highest BCUT2D eigenvalue weighted by Crippen LogP contribution is 2.21. The Bertz CT molecular complexity index is 347. The van der Waals surface area contributed by atoms with Crippen LogP contribution in [-0.2, 0) is 15.0 Å². The van der Waals surface area contributed by atoms with Crippen LogP contribution in [0.2, 0.25) is 0 Å². The number of piperidine rings is 1. The summed E-state index contributed by atoms with van der Waals surface area (Å²) in [6.45, 7) is 3.17. The lowest BCUT2D eigenvalue weighted by atomic mass is 9.95. The van der Waals surface area contributed by atoms with Crippen LogP contribution in [0.4, 0.5) is 0 Å². The second-order valence-corrected chi connectivity index (χ2v) is 6.09. The van der Waals surface area contributed by atoms with Crippen molar-refractivity contribution in [1.82, 2.24) is 9.03 Å². The quantitative estimate of drug-likeness (QED) is 0.728. The van der Waals surface area contributed by atoms with Gasteiger partial charge in [0.25, 0.3) is 10.2 Å². The molecule has 0 unspecified atom stereocenters.